The van der Waals surface area contributed by atoms with Crippen LogP contribution in [0.15, 0.2) is 22.7 Å². The van der Waals surface area contributed by atoms with E-state index in [9.17, 15) is 4.39 Å². The number of nitrogens with one attached hydrogen (secondary N) is 1. The Labute approximate surface area is 106 Å². The summed E-state index contributed by atoms with van der Waals surface area (Å²) in [7, 11) is 1.87. The van der Waals surface area contributed by atoms with Gasteiger partial charge >= 0.3 is 0 Å². The summed E-state index contributed by atoms with van der Waals surface area (Å²) in [6, 6.07) is 5.13. The third kappa shape index (κ3) is 3.87. The summed E-state index contributed by atoms with van der Waals surface area (Å²) in [6.07, 6.45) is 0.900. The van der Waals surface area contributed by atoms with E-state index in [0.29, 0.717) is 0 Å². The lowest BCUT2D eigenvalue weighted by molar-refractivity contribution is 0.316. The minimum atomic E-state index is -0.146. The lowest BCUT2D eigenvalue weighted by Gasteiger charge is -2.26. The Morgan fingerprint density at radius 3 is 2.50 bits per heavy atom. The molecule has 0 spiro atoms. The maximum Gasteiger partial charge on any atom is 0.128 e. The van der Waals surface area contributed by atoms with Gasteiger partial charge in [-0.2, -0.15) is 0 Å². The van der Waals surface area contributed by atoms with Gasteiger partial charge in [0.25, 0.3) is 0 Å². The number of halogens is 2. The van der Waals surface area contributed by atoms with E-state index in [4.69, 9.17) is 0 Å². The van der Waals surface area contributed by atoms with Gasteiger partial charge in [0.1, 0.15) is 5.82 Å². The first-order valence-corrected chi connectivity index (χ1v) is 6.25. The Bertz CT molecular complexity index is 357. The molecule has 0 aromatic heterocycles. The van der Waals surface area contributed by atoms with Crippen molar-refractivity contribution < 1.29 is 4.39 Å². The molecule has 1 aromatic carbocycles. The Kier molecular flexibility index (Phi) is 4.51. The van der Waals surface area contributed by atoms with Crippen LogP contribution in [-0.2, 0) is 0 Å². The first kappa shape index (κ1) is 13.7. The topological polar surface area (TPSA) is 12.0 Å². The molecular weight excluding hydrogens is 269 g/mol. The Hall–Kier alpha value is -0.410. The molecule has 1 atom stereocenters. The first-order valence-electron chi connectivity index (χ1n) is 5.46. The summed E-state index contributed by atoms with van der Waals surface area (Å²) >= 11 is 3.38. The summed E-state index contributed by atoms with van der Waals surface area (Å²) in [5.74, 6) is -0.146. The zero-order chi connectivity index (χ0) is 12.3. The molecule has 0 fully saturated rings. The predicted molar refractivity (Wildman–Crippen MR) is 70.0 cm³/mol. The van der Waals surface area contributed by atoms with Crippen LogP contribution in [-0.4, -0.2) is 7.05 Å². The highest BCUT2D eigenvalue weighted by Crippen LogP contribution is 2.31. The average molecular weight is 288 g/mol. The molecular formula is C13H19BrFN. The van der Waals surface area contributed by atoms with Gasteiger partial charge < -0.3 is 5.32 Å². The largest absolute Gasteiger partial charge is 0.313 e. The normalized spacial score (nSPS) is 13.9. The summed E-state index contributed by atoms with van der Waals surface area (Å²) in [5.41, 5.74) is 0.898. The third-order valence-corrected chi connectivity index (χ3v) is 2.99. The standard InChI is InChI=1S/C13H19BrFN/c1-13(2,3)8-12(16-4)10-7-9(14)5-6-11(10)15/h5-7,12,16H,8H2,1-4H3. The minimum Gasteiger partial charge on any atom is -0.313 e. The van der Waals surface area contributed by atoms with Crippen molar-refractivity contribution in [3.05, 3.63) is 34.1 Å². The van der Waals surface area contributed by atoms with Crippen LogP contribution in [0.2, 0.25) is 0 Å². The third-order valence-electron chi connectivity index (χ3n) is 2.50. The molecule has 1 N–H and O–H groups in total. The summed E-state index contributed by atoms with van der Waals surface area (Å²) in [6.45, 7) is 6.48. The van der Waals surface area contributed by atoms with Crippen LogP contribution in [0, 0.1) is 11.2 Å². The molecule has 0 saturated carbocycles. The molecule has 0 aliphatic heterocycles. The van der Waals surface area contributed by atoms with Gasteiger partial charge in [0.05, 0.1) is 0 Å². The molecule has 0 amide bonds. The van der Waals surface area contributed by atoms with E-state index in [1.165, 1.54) is 6.07 Å². The van der Waals surface area contributed by atoms with E-state index in [1.54, 1.807) is 6.07 Å². The molecule has 90 valence electrons. The second kappa shape index (κ2) is 5.28. The van der Waals surface area contributed by atoms with Crippen molar-refractivity contribution in [1.29, 1.82) is 0 Å². The van der Waals surface area contributed by atoms with Crippen LogP contribution < -0.4 is 5.32 Å². The highest BCUT2D eigenvalue weighted by Gasteiger charge is 2.21. The molecule has 3 heteroatoms. The highest BCUT2D eigenvalue weighted by atomic mass is 79.9. The van der Waals surface area contributed by atoms with Gasteiger partial charge in [-0.05, 0) is 37.1 Å². The molecule has 16 heavy (non-hydrogen) atoms. The fourth-order valence-electron chi connectivity index (χ4n) is 1.76. The van der Waals surface area contributed by atoms with Gasteiger partial charge in [-0.15, -0.1) is 0 Å². The number of hydrogen-bond acceptors (Lipinski definition) is 1. The Morgan fingerprint density at radius 2 is 2.00 bits per heavy atom. The predicted octanol–water partition coefficient (Wildman–Crippen LogP) is 4.28. The molecule has 1 nitrogen and oxygen atoms in total. The van der Waals surface area contributed by atoms with Crippen LogP contribution in [0.25, 0.3) is 0 Å². The second-order valence-electron chi connectivity index (χ2n) is 5.27. The molecule has 0 aliphatic carbocycles. The average Bonchev–Trinajstić information content (AvgIpc) is 2.17. The first-order chi connectivity index (χ1) is 7.33. The van der Waals surface area contributed by atoms with Crippen LogP contribution in [0.3, 0.4) is 0 Å². The molecule has 0 bridgehead atoms. The van der Waals surface area contributed by atoms with Crippen molar-refractivity contribution in [2.45, 2.75) is 33.2 Å². The van der Waals surface area contributed by atoms with Crippen LogP contribution in [0.5, 0.6) is 0 Å². The summed E-state index contributed by atoms with van der Waals surface area (Å²) < 4.78 is 14.6. The van der Waals surface area contributed by atoms with Crippen molar-refractivity contribution in [2.24, 2.45) is 5.41 Å². The molecule has 1 aromatic rings. The van der Waals surface area contributed by atoms with Crippen LogP contribution in [0.4, 0.5) is 4.39 Å². The fraction of sp³-hybridized carbons (Fsp3) is 0.538. The van der Waals surface area contributed by atoms with Gasteiger partial charge in [0.2, 0.25) is 0 Å². The molecule has 1 rings (SSSR count). The number of rotatable bonds is 3. The number of hydrogen-bond donors (Lipinski definition) is 1. The van der Waals surface area contributed by atoms with Gasteiger partial charge in [0, 0.05) is 16.1 Å². The van der Waals surface area contributed by atoms with Crippen LogP contribution in [0.1, 0.15) is 38.8 Å². The minimum absolute atomic E-state index is 0.0532. The number of benzene rings is 1. The maximum absolute atomic E-state index is 13.7. The van der Waals surface area contributed by atoms with Crippen LogP contribution >= 0.6 is 15.9 Å². The molecule has 0 heterocycles. The van der Waals surface area contributed by atoms with E-state index in [1.807, 2.05) is 13.1 Å². The molecule has 0 radical (unpaired) electrons. The molecule has 1 unspecified atom stereocenters. The maximum atomic E-state index is 13.7. The Balaban J connectivity index is 2.99. The molecule has 0 saturated heterocycles. The Morgan fingerprint density at radius 1 is 1.38 bits per heavy atom. The van der Waals surface area contributed by atoms with Crippen molar-refractivity contribution in [3.8, 4) is 0 Å². The summed E-state index contributed by atoms with van der Waals surface area (Å²) in [4.78, 5) is 0. The van der Waals surface area contributed by atoms with E-state index in [0.717, 1.165) is 16.5 Å². The highest BCUT2D eigenvalue weighted by molar-refractivity contribution is 9.10. The SMILES string of the molecule is CNC(CC(C)(C)C)c1cc(Br)ccc1F. The smallest absolute Gasteiger partial charge is 0.128 e. The van der Waals surface area contributed by atoms with E-state index in [-0.39, 0.29) is 17.3 Å². The van der Waals surface area contributed by atoms with E-state index >= 15 is 0 Å². The quantitative estimate of drug-likeness (QED) is 0.875. The zero-order valence-electron chi connectivity index (χ0n) is 10.3. The van der Waals surface area contributed by atoms with Gasteiger partial charge in [-0.1, -0.05) is 36.7 Å². The van der Waals surface area contributed by atoms with Crippen molar-refractivity contribution in [3.63, 3.8) is 0 Å². The lowest BCUT2D eigenvalue weighted by atomic mass is 9.85. The monoisotopic (exact) mass is 287 g/mol. The van der Waals surface area contributed by atoms with Crippen molar-refractivity contribution in [1.82, 2.24) is 5.32 Å². The summed E-state index contributed by atoms with van der Waals surface area (Å²) in [5, 5.41) is 3.18. The molecule has 0 aliphatic rings. The van der Waals surface area contributed by atoms with Gasteiger partial charge in [0.15, 0.2) is 0 Å². The van der Waals surface area contributed by atoms with Gasteiger partial charge in [-0.25, -0.2) is 4.39 Å². The van der Waals surface area contributed by atoms with E-state index < -0.39 is 0 Å². The van der Waals surface area contributed by atoms with E-state index in [2.05, 4.69) is 42.0 Å². The lowest BCUT2D eigenvalue weighted by Crippen LogP contribution is -2.23. The van der Waals surface area contributed by atoms with Crippen molar-refractivity contribution in [2.75, 3.05) is 7.05 Å². The van der Waals surface area contributed by atoms with Crippen molar-refractivity contribution >= 4 is 15.9 Å². The van der Waals surface area contributed by atoms with Gasteiger partial charge in [-0.3, -0.25) is 0 Å². The second-order valence-corrected chi connectivity index (χ2v) is 6.19. The fourth-order valence-corrected chi connectivity index (χ4v) is 2.14. The zero-order valence-corrected chi connectivity index (χ0v) is 11.9.